The van der Waals surface area contributed by atoms with E-state index >= 15 is 0 Å². The molecule has 1 aromatic heterocycles. The van der Waals surface area contributed by atoms with Crippen LogP contribution in [0.4, 0.5) is 0 Å². The van der Waals surface area contributed by atoms with Crippen molar-refractivity contribution in [2.75, 3.05) is 0 Å². The Morgan fingerprint density at radius 2 is 1.96 bits per heavy atom. The number of nitrogens with zero attached hydrogens (tertiary/aromatic N) is 1. The van der Waals surface area contributed by atoms with Crippen LogP contribution in [0.1, 0.15) is 55.6 Å². The largest absolute Gasteiger partial charge is 0.366 e. The van der Waals surface area contributed by atoms with Crippen LogP contribution >= 0.6 is 0 Å². The highest BCUT2D eigenvalue weighted by Crippen LogP contribution is 2.35. The number of nitrogens with one attached hydrogen (secondary N) is 1. The minimum atomic E-state index is -0.411. The Morgan fingerprint density at radius 1 is 1.20 bits per heavy atom. The number of carbonyl (C=O) groups is 1. The number of nitrogens with two attached hydrogens (primary N) is 1. The van der Waals surface area contributed by atoms with Crippen molar-refractivity contribution < 1.29 is 4.79 Å². The maximum atomic E-state index is 11.3. The van der Waals surface area contributed by atoms with Crippen molar-refractivity contribution in [2.45, 2.75) is 52.1 Å². The van der Waals surface area contributed by atoms with E-state index in [0.29, 0.717) is 17.0 Å². The third-order valence-corrected chi connectivity index (χ3v) is 5.22. The minimum absolute atomic E-state index is 0.411. The second kappa shape index (κ2) is 7.36. The van der Waals surface area contributed by atoms with E-state index in [-0.39, 0.29) is 0 Å². The van der Waals surface area contributed by atoms with E-state index in [0.717, 1.165) is 23.4 Å². The first-order valence-corrected chi connectivity index (χ1v) is 9.01. The molecule has 0 bridgehead atoms. The van der Waals surface area contributed by atoms with Crippen molar-refractivity contribution in [2.24, 2.45) is 11.1 Å². The third kappa shape index (κ3) is 4.67. The highest BCUT2D eigenvalue weighted by Gasteiger charge is 2.26. The SMILES string of the molecule is CC1(C)CCC(NCc2ccc(-c3cccc(C(N)=O)c3)cn2)CC1. The molecule has 3 rings (SSSR count). The van der Waals surface area contributed by atoms with Crippen LogP contribution in [0.25, 0.3) is 11.1 Å². The molecular weight excluding hydrogens is 310 g/mol. The molecule has 1 fully saturated rings. The van der Waals surface area contributed by atoms with Crippen molar-refractivity contribution in [1.29, 1.82) is 0 Å². The molecule has 1 heterocycles. The predicted octanol–water partition coefficient (Wildman–Crippen LogP) is 3.91. The Bertz CT molecular complexity index is 727. The van der Waals surface area contributed by atoms with Gasteiger partial charge in [-0.2, -0.15) is 0 Å². The smallest absolute Gasteiger partial charge is 0.248 e. The molecule has 0 unspecified atom stereocenters. The van der Waals surface area contributed by atoms with Gasteiger partial charge >= 0.3 is 0 Å². The summed E-state index contributed by atoms with van der Waals surface area (Å²) in [6.07, 6.45) is 6.91. The Balaban J connectivity index is 1.59. The fourth-order valence-corrected chi connectivity index (χ4v) is 3.40. The first-order valence-electron chi connectivity index (χ1n) is 9.01. The number of rotatable bonds is 5. The van der Waals surface area contributed by atoms with Crippen molar-refractivity contribution in [1.82, 2.24) is 10.3 Å². The topological polar surface area (TPSA) is 68.0 Å². The summed E-state index contributed by atoms with van der Waals surface area (Å²) in [6.45, 7) is 5.51. The normalized spacial score (nSPS) is 17.4. The highest BCUT2D eigenvalue weighted by atomic mass is 16.1. The zero-order valence-electron chi connectivity index (χ0n) is 15.1. The summed E-state index contributed by atoms with van der Waals surface area (Å²) in [4.78, 5) is 15.9. The fourth-order valence-electron chi connectivity index (χ4n) is 3.40. The Labute approximate surface area is 149 Å². The molecule has 0 saturated heterocycles. The summed E-state index contributed by atoms with van der Waals surface area (Å²) in [5.74, 6) is -0.411. The van der Waals surface area contributed by atoms with E-state index in [2.05, 4.69) is 24.1 Å². The summed E-state index contributed by atoms with van der Waals surface area (Å²) >= 11 is 0. The second-order valence-corrected chi connectivity index (χ2v) is 7.80. The van der Waals surface area contributed by atoms with Gasteiger partial charge in [0.1, 0.15) is 0 Å². The average Bonchev–Trinajstić information content (AvgIpc) is 2.61. The van der Waals surface area contributed by atoms with Crippen molar-refractivity contribution in [3.8, 4) is 11.1 Å². The van der Waals surface area contributed by atoms with Gasteiger partial charge in [-0.05, 0) is 54.9 Å². The van der Waals surface area contributed by atoms with Crippen molar-refractivity contribution in [3.63, 3.8) is 0 Å². The lowest BCUT2D eigenvalue weighted by Gasteiger charge is -2.34. The zero-order valence-corrected chi connectivity index (χ0v) is 15.1. The number of aromatic nitrogens is 1. The van der Waals surface area contributed by atoms with Crippen LogP contribution in [0.5, 0.6) is 0 Å². The van der Waals surface area contributed by atoms with E-state index in [1.165, 1.54) is 25.7 Å². The number of primary amides is 1. The zero-order chi connectivity index (χ0) is 17.9. The summed E-state index contributed by atoms with van der Waals surface area (Å²) < 4.78 is 0. The Kier molecular flexibility index (Phi) is 5.19. The monoisotopic (exact) mass is 337 g/mol. The first kappa shape index (κ1) is 17.6. The predicted molar refractivity (Wildman–Crippen MR) is 101 cm³/mol. The lowest BCUT2D eigenvalue weighted by atomic mass is 9.75. The van der Waals surface area contributed by atoms with Crippen LogP contribution in [0, 0.1) is 5.41 Å². The van der Waals surface area contributed by atoms with Crippen LogP contribution in [0.2, 0.25) is 0 Å². The van der Waals surface area contributed by atoms with Crippen LogP contribution in [-0.4, -0.2) is 16.9 Å². The number of hydrogen-bond donors (Lipinski definition) is 2. The fraction of sp³-hybridized carbons (Fsp3) is 0.429. The standard InChI is InChI=1S/C21H27N3O/c1-21(2)10-8-18(9-11-21)24-14-19-7-6-17(13-23-19)15-4-3-5-16(12-15)20(22)25/h3-7,12-13,18,24H,8-11,14H2,1-2H3,(H2,22,25). The molecular formula is C21H27N3O. The molecule has 1 aliphatic rings. The molecule has 2 aromatic rings. The molecule has 1 saturated carbocycles. The van der Waals surface area contributed by atoms with E-state index in [4.69, 9.17) is 5.73 Å². The van der Waals surface area contributed by atoms with Gasteiger partial charge in [-0.3, -0.25) is 9.78 Å². The number of benzene rings is 1. The molecule has 1 amide bonds. The molecule has 0 radical (unpaired) electrons. The molecule has 132 valence electrons. The molecule has 0 aliphatic heterocycles. The van der Waals surface area contributed by atoms with E-state index in [1.54, 1.807) is 12.1 Å². The number of pyridine rings is 1. The Morgan fingerprint density at radius 3 is 2.60 bits per heavy atom. The summed E-state index contributed by atoms with van der Waals surface area (Å²) in [6, 6.07) is 12.0. The molecule has 1 aliphatic carbocycles. The lowest BCUT2D eigenvalue weighted by Crippen LogP contribution is -2.35. The molecule has 25 heavy (non-hydrogen) atoms. The molecule has 0 atom stereocenters. The van der Waals surface area contributed by atoms with Crippen LogP contribution in [0.15, 0.2) is 42.6 Å². The van der Waals surface area contributed by atoms with Crippen LogP contribution < -0.4 is 11.1 Å². The van der Waals surface area contributed by atoms with Gasteiger partial charge < -0.3 is 11.1 Å². The quantitative estimate of drug-likeness (QED) is 0.869. The van der Waals surface area contributed by atoms with Gasteiger partial charge in [0.2, 0.25) is 5.91 Å². The van der Waals surface area contributed by atoms with Gasteiger partial charge in [0.05, 0.1) is 5.69 Å². The van der Waals surface area contributed by atoms with Crippen molar-refractivity contribution >= 4 is 5.91 Å². The number of amides is 1. The van der Waals surface area contributed by atoms with Gasteiger partial charge in [-0.25, -0.2) is 0 Å². The van der Waals surface area contributed by atoms with Gasteiger partial charge in [0.25, 0.3) is 0 Å². The molecule has 4 nitrogen and oxygen atoms in total. The number of carbonyl (C=O) groups excluding carboxylic acids is 1. The maximum absolute atomic E-state index is 11.3. The minimum Gasteiger partial charge on any atom is -0.366 e. The van der Waals surface area contributed by atoms with Crippen LogP contribution in [-0.2, 0) is 6.54 Å². The van der Waals surface area contributed by atoms with E-state index in [9.17, 15) is 4.79 Å². The summed E-state index contributed by atoms with van der Waals surface area (Å²) in [5, 5.41) is 3.64. The summed E-state index contributed by atoms with van der Waals surface area (Å²) in [5.41, 5.74) is 9.35. The lowest BCUT2D eigenvalue weighted by molar-refractivity contribution is 0.100. The van der Waals surface area contributed by atoms with Gasteiger partial charge in [0, 0.05) is 29.9 Å². The van der Waals surface area contributed by atoms with Gasteiger partial charge in [-0.1, -0.05) is 32.0 Å². The summed E-state index contributed by atoms with van der Waals surface area (Å²) in [7, 11) is 0. The highest BCUT2D eigenvalue weighted by molar-refractivity contribution is 5.94. The van der Waals surface area contributed by atoms with E-state index < -0.39 is 5.91 Å². The maximum Gasteiger partial charge on any atom is 0.248 e. The number of hydrogen-bond acceptors (Lipinski definition) is 3. The second-order valence-electron chi connectivity index (χ2n) is 7.80. The van der Waals surface area contributed by atoms with Gasteiger partial charge in [-0.15, -0.1) is 0 Å². The van der Waals surface area contributed by atoms with Crippen LogP contribution in [0.3, 0.4) is 0 Å². The van der Waals surface area contributed by atoms with Crippen molar-refractivity contribution in [3.05, 3.63) is 53.9 Å². The molecule has 0 spiro atoms. The molecule has 1 aromatic carbocycles. The average molecular weight is 337 g/mol. The third-order valence-electron chi connectivity index (χ3n) is 5.22. The first-order chi connectivity index (χ1) is 11.9. The molecule has 3 N–H and O–H groups in total. The molecule has 4 heteroatoms. The van der Waals surface area contributed by atoms with E-state index in [1.807, 2.05) is 30.5 Å². The van der Waals surface area contributed by atoms with Gasteiger partial charge in [0.15, 0.2) is 0 Å². The Hall–Kier alpha value is -2.20.